The Balaban J connectivity index is 2.26. The van der Waals surface area contributed by atoms with Crippen molar-refractivity contribution in [2.75, 3.05) is 26.3 Å². The summed E-state index contributed by atoms with van der Waals surface area (Å²) < 4.78 is 11.2. The third-order valence-electron chi connectivity index (χ3n) is 3.33. The molecule has 1 saturated heterocycles. The van der Waals surface area contributed by atoms with Crippen LogP contribution in [0.1, 0.15) is 40.0 Å². The van der Waals surface area contributed by atoms with Crippen molar-refractivity contribution in [3.63, 3.8) is 0 Å². The highest BCUT2D eigenvalue weighted by atomic mass is 16.7. The number of likely N-dealkylation sites (N-methyl/N-ethyl adjacent to an activating group) is 1. The van der Waals surface area contributed by atoms with E-state index < -0.39 is 0 Å². The standard InChI is InChI=1S/C14H25NO2/c1-5-14(3,4)15(6-2)10-12-17-13-9-7-8-11-16-13/h1,13H,6-12H2,2-4H3/t13-/m0/s1. The van der Waals surface area contributed by atoms with Crippen molar-refractivity contribution in [1.29, 1.82) is 0 Å². The fraction of sp³-hybridized carbons (Fsp3) is 0.857. The Hall–Kier alpha value is -0.560. The summed E-state index contributed by atoms with van der Waals surface area (Å²) in [4.78, 5) is 2.25. The van der Waals surface area contributed by atoms with Crippen LogP contribution in [0.4, 0.5) is 0 Å². The van der Waals surface area contributed by atoms with Crippen LogP contribution < -0.4 is 0 Å². The van der Waals surface area contributed by atoms with Crippen LogP contribution >= 0.6 is 0 Å². The third kappa shape index (κ3) is 4.67. The number of terminal acetylenes is 1. The van der Waals surface area contributed by atoms with Crippen LogP contribution in [0.5, 0.6) is 0 Å². The molecule has 0 amide bonds. The normalized spacial score (nSPS) is 21.5. The van der Waals surface area contributed by atoms with Gasteiger partial charge in [-0.1, -0.05) is 12.8 Å². The van der Waals surface area contributed by atoms with Gasteiger partial charge in [-0.05, 0) is 39.7 Å². The largest absolute Gasteiger partial charge is 0.353 e. The van der Waals surface area contributed by atoms with Gasteiger partial charge >= 0.3 is 0 Å². The van der Waals surface area contributed by atoms with Gasteiger partial charge in [0.05, 0.1) is 12.1 Å². The maximum absolute atomic E-state index is 5.72. The number of hydrogen-bond donors (Lipinski definition) is 0. The minimum absolute atomic E-state index is 0.00333. The third-order valence-corrected chi connectivity index (χ3v) is 3.33. The van der Waals surface area contributed by atoms with Gasteiger partial charge in [-0.2, -0.15) is 0 Å². The van der Waals surface area contributed by atoms with Crippen molar-refractivity contribution in [3.05, 3.63) is 0 Å². The summed E-state index contributed by atoms with van der Waals surface area (Å²) >= 11 is 0. The zero-order chi connectivity index (χ0) is 12.7. The van der Waals surface area contributed by atoms with Crippen molar-refractivity contribution in [3.8, 4) is 12.3 Å². The summed E-state index contributed by atoms with van der Waals surface area (Å²) in [6, 6.07) is 0. The number of nitrogens with zero attached hydrogens (tertiary/aromatic N) is 1. The summed E-state index contributed by atoms with van der Waals surface area (Å²) in [6.07, 6.45) is 8.92. The molecule has 0 saturated carbocycles. The first-order chi connectivity index (χ1) is 8.10. The van der Waals surface area contributed by atoms with E-state index in [1.807, 2.05) is 0 Å². The smallest absolute Gasteiger partial charge is 0.157 e. The molecular weight excluding hydrogens is 214 g/mol. The number of hydrogen-bond acceptors (Lipinski definition) is 3. The Bertz CT molecular complexity index is 251. The lowest BCUT2D eigenvalue weighted by Crippen LogP contribution is -2.44. The lowest BCUT2D eigenvalue weighted by Gasteiger charge is -2.34. The molecule has 98 valence electrons. The van der Waals surface area contributed by atoms with Crippen LogP contribution in [-0.2, 0) is 9.47 Å². The molecular formula is C14H25NO2. The maximum atomic E-state index is 5.72. The zero-order valence-corrected chi connectivity index (χ0v) is 11.4. The predicted molar refractivity (Wildman–Crippen MR) is 69.7 cm³/mol. The van der Waals surface area contributed by atoms with E-state index >= 15 is 0 Å². The van der Waals surface area contributed by atoms with Gasteiger partial charge in [0.2, 0.25) is 0 Å². The number of rotatable bonds is 6. The van der Waals surface area contributed by atoms with Crippen LogP contribution in [0, 0.1) is 12.3 Å². The van der Waals surface area contributed by atoms with E-state index in [4.69, 9.17) is 15.9 Å². The van der Waals surface area contributed by atoms with Gasteiger partial charge in [-0.3, -0.25) is 4.90 Å². The first-order valence-corrected chi connectivity index (χ1v) is 6.56. The SMILES string of the molecule is C#CC(C)(C)N(CC)CCO[C@H]1CCCCO1. The van der Waals surface area contributed by atoms with Crippen molar-refractivity contribution in [2.24, 2.45) is 0 Å². The molecule has 0 aliphatic carbocycles. The average molecular weight is 239 g/mol. The Labute approximate surface area is 105 Å². The quantitative estimate of drug-likeness (QED) is 0.664. The molecule has 3 heteroatoms. The van der Waals surface area contributed by atoms with E-state index in [1.54, 1.807) is 0 Å². The second-order valence-corrected chi connectivity index (χ2v) is 4.95. The molecule has 0 aromatic heterocycles. The molecule has 0 spiro atoms. The minimum Gasteiger partial charge on any atom is -0.353 e. The van der Waals surface area contributed by atoms with Crippen LogP contribution in [0.15, 0.2) is 0 Å². The van der Waals surface area contributed by atoms with E-state index in [1.165, 1.54) is 6.42 Å². The van der Waals surface area contributed by atoms with Gasteiger partial charge in [0, 0.05) is 13.2 Å². The molecule has 1 aliphatic rings. The van der Waals surface area contributed by atoms with Gasteiger partial charge in [0.25, 0.3) is 0 Å². The molecule has 1 heterocycles. The van der Waals surface area contributed by atoms with E-state index in [0.29, 0.717) is 6.61 Å². The molecule has 1 aliphatic heterocycles. The Morgan fingerprint density at radius 1 is 1.47 bits per heavy atom. The molecule has 1 rings (SSSR count). The summed E-state index contributed by atoms with van der Waals surface area (Å²) in [7, 11) is 0. The highest BCUT2D eigenvalue weighted by Crippen LogP contribution is 2.15. The fourth-order valence-electron chi connectivity index (χ4n) is 2.06. The van der Waals surface area contributed by atoms with Crippen LogP contribution in [0.2, 0.25) is 0 Å². The second kappa shape index (κ2) is 7.00. The minimum atomic E-state index is -0.203. The molecule has 0 N–H and O–H groups in total. The summed E-state index contributed by atoms with van der Waals surface area (Å²) in [6.45, 7) is 9.55. The molecule has 1 atom stereocenters. The fourth-order valence-corrected chi connectivity index (χ4v) is 2.06. The van der Waals surface area contributed by atoms with Gasteiger partial charge in [0.1, 0.15) is 0 Å². The van der Waals surface area contributed by atoms with Gasteiger partial charge in [-0.15, -0.1) is 6.42 Å². The van der Waals surface area contributed by atoms with E-state index in [-0.39, 0.29) is 11.8 Å². The highest BCUT2D eigenvalue weighted by Gasteiger charge is 2.23. The Kier molecular flexibility index (Phi) is 5.97. The number of ether oxygens (including phenoxy) is 2. The van der Waals surface area contributed by atoms with E-state index in [2.05, 4.69) is 31.6 Å². The van der Waals surface area contributed by atoms with Crippen molar-refractivity contribution >= 4 is 0 Å². The molecule has 0 aromatic rings. The first-order valence-electron chi connectivity index (χ1n) is 6.56. The van der Waals surface area contributed by atoms with Crippen LogP contribution in [0.25, 0.3) is 0 Å². The Morgan fingerprint density at radius 2 is 2.24 bits per heavy atom. The van der Waals surface area contributed by atoms with Crippen LogP contribution in [-0.4, -0.2) is 43.0 Å². The zero-order valence-electron chi connectivity index (χ0n) is 11.4. The lowest BCUT2D eigenvalue weighted by atomic mass is 10.0. The highest BCUT2D eigenvalue weighted by molar-refractivity contribution is 5.08. The van der Waals surface area contributed by atoms with Crippen molar-refractivity contribution in [2.45, 2.75) is 51.9 Å². The summed E-state index contributed by atoms with van der Waals surface area (Å²) in [5, 5.41) is 0. The summed E-state index contributed by atoms with van der Waals surface area (Å²) in [5.41, 5.74) is -0.203. The predicted octanol–water partition coefficient (Wildman–Crippen LogP) is 2.26. The maximum Gasteiger partial charge on any atom is 0.157 e. The molecule has 17 heavy (non-hydrogen) atoms. The molecule has 3 nitrogen and oxygen atoms in total. The van der Waals surface area contributed by atoms with Crippen LogP contribution in [0.3, 0.4) is 0 Å². The second-order valence-electron chi connectivity index (χ2n) is 4.95. The van der Waals surface area contributed by atoms with E-state index in [0.717, 1.165) is 32.5 Å². The lowest BCUT2D eigenvalue weighted by molar-refractivity contribution is -0.165. The average Bonchev–Trinajstić information content (AvgIpc) is 2.35. The van der Waals surface area contributed by atoms with Gasteiger partial charge in [0.15, 0.2) is 6.29 Å². The van der Waals surface area contributed by atoms with Gasteiger partial charge < -0.3 is 9.47 Å². The monoisotopic (exact) mass is 239 g/mol. The Morgan fingerprint density at radius 3 is 2.76 bits per heavy atom. The molecule has 0 radical (unpaired) electrons. The molecule has 1 fully saturated rings. The van der Waals surface area contributed by atoms with Crippen molar-refractivity contribution < 1.29 is 9.47 Å². The first kappa shape index (κ1) is 14.5. The van der Waals surface area contributed by atoms with Crippen molar-refractivity contribution in [1.82, 2.24) is 4.90 Å². The molecule has 0 bridgehead atoms. The van der Waals surface area contributed by atoms with Gasteiger partial charge in [-0.25, -0.2) is 0 Å². The molecule has 0 aromatic carbocycles. The topological polar surface area (TPSA) is 21.7 Å². The van der Waals surface area contributed by atoms with E-state index in [9.17, 15) is 0 Å². The summed E-state index contributed by atoms with van der Waals surface area (Å²) in [5.74, 6) is 2.82. The molecule has 0 unspecified atom stereocenters.